The number of sulfonamides is 1. The molecule has 10 nitrogen and oxygen atoms in total. The minimum absolute atomic E-state index is 0.0428. The first-order valence-corrected chi connectivity index (χ1v) is 12.0. The van der Waals surface area contributed by atoms with Gasteiger partial charge in [-0.3, -0.25) is 19.2 Å². The van der Waals surface area contributed by atoms with Gasteiger partial charge < -0.3 is 14.8 Å². The first kappa shape index (κ1) is 26.1. The van der Waals surface area contributed by atoms with E-state index in [0.717, 1.165) is 12.1 Å². The highest BCUT2D eigenvalue weighted by molar-refractivity contribution is 7.93. The van der Waals surface area contributed by atoms with Crippen molar-refractivity contribution in [3.63, 3.8) is 0 Å². The first-order valence-electron chi connectivity index (χ1n) is 9.82. The number of nitrogens with zero attached hydrogens (tertiary/aromatic N) is 2. The minimum atomic E-state index is -4.64. The van der Waals surface area contributed by atoms with E-state index < -0.39 is 38.0 Å². The van der Waals surface area contributed by atoms with Crippen LogP contribution in [-0.2, 0) is 14.8 Å². The summed E-state index contributed by atoms with van der Waals surface area (Å²) >= 11 is 12.1. The second kappa shape index (κ2) is 10.8. The number of amides is 1. The second-order valence-electron chi connectivity index (χ2n) is 6.92. The van der Waals surface area contributed by atoms with E-state index in [1.165, 1.54) is 56.7 Å². The highest BCUT2D eigenvalue weighted by Crippen LogP contribution is 2.37. The van der Waals surface area contributed by atoms with E-state index in [-0.39, 0.29) is 27.2 Å². The summed E-state index contributed by atoms with van der Waals surface area (Å²) in [4.78, 5) is 23.1. The number of hydrogen-bond donors (Lipinski definition) is 1. The molecule has 0 aliphatic rings. The summed E-state index contributed by atoms with van der Waals surface area (Å²) in [5.41, 5.74) is -0.532. The zero-order chi connectivity index (χ0) is 25.8. The number of rotatable bonds is 9. The minimum Gasteiger partial charge on any atom is -0.497 e. The van der Waals surface area contributed by atoms with E-state index in [1.54, 1.807) is 6.07 Å². The van der Waals surface area contributed by atoms with Gasteiger partial charge in [0.25, 0.3) is 15.7 Å². The molecule has 3 aromatic rings. The van der Waals surface area contributed by atoms with Gasteiger partial charge in [0.05, 0.1) is 40.6 Å². The molecule has 0 unspecified atom stereocenters. The van der Waals surface area contributed by atoms with Crippen LogP contribution < -0.4 is 19.1 Å². The number of benzene rings is 3. The third kappa shape index (κ3) is 5.59. The molecule has 0 saturated carbocycles. The molecule has 0 bridgehead atoms. The fourth-order valence-electron chi connectivity index (χ4n) is 3.16. The molecule has 184 valence electrons. The van der Waals surface area contributed by atoms with Gasteiger partial charge in [0.2, 0.25) is 5.91 Å². The Morgan fingerprint density at radius 2 is 1.77 bits per heavy atom. The second-order valence-corrected chi connectivity index (χ2v) is 9.54. The summed E-state index contributed by atoms with van der Waals surface area (Å²) < 4.78 is 38.6. The fraction of sp³-hybridized carbons (Fsp3) is 0.136. The Hall–Kier alpha value is -3.54. The molecule has 0 spiro atoms. The van der Waals surface area contributed by atoms with Crippen molar-refractivity contribution in [3.8, 4) is 11.5 Å². The summed E-state index contributed by atoms with van der Waals surface area (Å²) in [5, 5.41) is 14.3. The average molecular weight is 540 g/mol. The van der Waals surface area contributed by atoms with Crippen LogP contribution in [0, 0.1) is 10.1 Å². The number of anilines is 2. The first-order chi connectivity index (χ1) is 16.6. The Morgan fingerprint density at radius 1 is 1.06 bits per heavy atom. The third-order valence-electron chi connectivity index (χ3n) is 4.80. The predicted octanol–water partition coefficient (Wildman–Crippen LogP) is 4.75. The highest BCUT2D eigenvalue weighted by atomic mass is 35.5. The molecule has 1 amide bonds. The Kier molecular flexibility index (Phi) is 8.05. The summed E-state index contributed by atoms with van der Waals surface area (Å²) in [6, 6.07) is 13.6. The van der Waals surface area contributed by atoms with Crippen LogP contribution in [0.25, 0.3) is 0 Å². The number of nitrogens with one attached hydrogen (secondary N) is 1. The number of methoxy groups -OCH3 is 2. The molecule has 0 radical (unpaired) electrons. The van der Waals surface area contributed by atoms with Gasteiger partial charge in [-0.2, -0.15) is 0 Å². The van der Waals surface area contributed by atoms with Crippen LogP contribution in [-0.4, -0.2) is 40.0 Å². The average Bonchev–Trinajstić information content (AvgIpc) is 2.85. The van der Waals surface area contributed by atoms with Crippen molar-refractivity contribution >= 4 is 56.2 Å². The van der Waals surface area contributed by atoms with Crippen LogP contribution in [0.3, 0.4) is 0 Å². The number of halogens is 2. The van der Waals surface area contributed by atoms with Crippen LogP contribution in [0.1, 0.15) is 0 Å². The van der Waals surface area contributed by atoms with Crippen molar-refractivity contribution in [1.82, 2.24) is 0 Å². The van der Waals surface area contributed by atoms with Gasteiger partial charge in [-0.05, 0) is 30.3 Å². The highest BCUT2D eigenvalue weighted by Gasteiger charge is 2.34. The molecular formula is C22H19Cl2N3O7S. The number of carbonyl (C=O) groups excluding carboxylic acids is 1. The maximum absolute atomic E-state index is 13.7. The van der Waals surface area contributed by atoms with Crippen LogP contribution in [0.4, 0.5) is 17.1 Å². The molecule has 0 saturated heterocycles. The van der Waals surface area contributed by atoms with E-state index in [2.05, 4.69) is 5.32 Å². The van der Waals surface area contributed by atoms with Gasteiger partial charge in [0.15, 0.2) is 4.90 Å². The monoisotopic (exact) mass is 539 g/mol. The number of hydrogen-bond acceptors (Lipinski definition) is 7. The van der Waals surface area contributed by atoms with Crippen LogP contribution in [0.2, 0.25) is 10.0 Å². The lowest BCUT2D eigenvalue weighted by Gasteiger charge is -2.26. The van der Waals surface area contributed by atoms with Crippen LogP contribution in [0.5, 0.6) is 11.5 Å². The molecule has 35 heavy (non-hydrogen) atoms. The SMILES string of the molecule is COc1ccc(N(CC(=O)Nc2cccc(Cl)c2Cl)S(=O)(=O)c2ccccc2[N+](=O)[O-])c(OC)c1. The fourth-order valence-corrected chi connectivity index (χ4v) is 5.10. The zero-order valence-corrected chi connectivity index (χ0v) is 20.7. The van der Waals surface area contributed by atoms with Gasteiger partial charge in [-0.1, -0.05) is 41.4 Å². The lowest BCUT2D eigenvalue weighted by molar-refractivity contribution is -0.387. The molecule has 0 aliphatic heterocycles. The van der Waals surface area contributed by atoms with Crippen molar-refractivity contribution in [3.05, 3.63) is 80.8 Å². The lowest BCUT2D eigenvalue weighted by Crippen LogP contribution is -2.38. The van der Waals surface area contributed by atoms with E-state index >= 15 is 0 Å². The smallest absolute Gasteiger partial charge is 0.289 e. The van der Waals surface area contributed by atoms with E-state index in [1.807, 2.05) is 0 Å². The van der Waals surface area contributed by atoms with Crippen LogP contribution in [0.15, 0.2) is 65.6 Å². The predicted molar refractivity (Wildman–Crippen MR) is 132 cm³/mol. The Labute approximate surface area is 211 Å². The van der Waals surface area contributed by atoms with Gasteiger partial charge in [0.1, 0.15) is 18.0 Å². The maximum Gasteiger partial charge on any atom is 0.289 e. The molecule has 0 heterocycles. The van der Waals surface area contributed by atoms with E-state index in [0.29, 0.717) is 10.1 Å². The molecule has 1 N–H and O–H groups in total. The molecule has 3 aromatic carbocycles. The quantitative estimate of drug-likeness (QED) is 0.306. The number of para-hydroxylation sites is 1. The van der Waals surface area contributed by atoms with Crippen molar-refractivity contribution in [2.45, 2.75) is 4.90 Å². The number of nitro groups is 1. The molecule has 0 atom stereocenters. The topological polar surface area (TPSA) is 128 Å². The summed E-state index contributed by atoms with van der Waals surface area (Å²) in [5.74, 6) is -0.363. The Morgan fingerprint density at radius 3 is 2.43 bits per heavy atom. The van der Waals surface area contributed by atoms with E-state index in [9.17, 15) is 23.3 Å². The van der Waals surface area contributed by atoms with Crippen molar-refractivity contribution in [2.24, 2.45) is 0 Å². The molecule has 0 aliphatic carbocycles. The third-order valence-corrected chi connectivity index (χ3v) is 7.42. The summed E-state index contributed by atoms with van der Waals surface area (Å²) in [7, 11) is -1.92. The van der Waals surface area contributed by atoms with Gasteiger partial charge >= 0.3 is 0 Å². The normalized spacial score (nSPS) is 11.0. The maximum atomic E-state index is 13.7. The summed E-state index contributed by atoms with van der Waals surface area (Å²) in [6.45, 7) is -0.764. The Balaban J connectivity index is 2.12. The molecule has 3 rings (SSSR count). The molecule has 13 heteroatoms. The van der Waals surface area contributed by atoms with Crippen LogP contribution >= 0.6 is 23.2 Å². The van der Waals surface area contributed by atoms with Crippen molar-refractivity contribution < 1.29 is 27.6 Å². The van der Waals surface area contributed by atoms with Crippen molar-refractivity contribution in [1.29, 1.82) is 0 Å². The molecular weight excluding hydrogens is 521 g/mol. The number of nitro benzene ring substituents is 1. The standard InChI is InChI=1S/C22H19Cl2N3O7S/c1-33-14-10-11-17(19(12-14)34-2)26(13-21(28)25-16-7-5-6-15(23)22(16)24)35(31,32)20-9-4-3-8-18(20)27(29)30/h3-12H,13H2,1-2H3,(H,25,28). The van der Waals surface area contributed by atoms with Gasteiger partial charge in [-0.15, -0.1) is 0 Å². The Bertz CT molecular complexity index is 1380. The summed E-state index contributed by atoms with van der Waals surface area (Å²) in [6.07, 6.45) is 0. The molecule has 0 fully saturated rings. The van der Waals surface area contributed by atoms with Crippen molar-refractivity contribution in [2.75, 3.05) is 30.4 Å². The zero-order valence-electron chi connectivity index (χ0n) is 18.4. The lowest BCUT2D eigenvalue weighted by atomic mass is 10.2. The van der Waals surface area contributed by atoms with Gasteiger partial charge in [0, 0.05) is 12.1 Å². The number of ether oxygens (including phenoxy) is 2. The molecule has 0 aromatic heterocycles. The number of carbonyl (C=O) groups is 1. The van der Waals surface area contributed by atoms with Gasteiger partial charge in [-0.25, -0.2) is 8.42 Å². The largest absolute Gasteiger partial charge is 0.497 e. The van der Waals surface area contributed by atoms with E-state index in [4.69, 9.17) is 32.7 Å².